The molecule has 4 heteroatoms. The summed E-state index contributed by atoms with van der Waals surface area (Å²) < 4.78 is 15.8. The van der Waals surface area contributed by atoms with Crippen LogP contribution in [-0.2, 0) is 14.2 Å². The molecule has 0 N–H and O–H groups in total. The number of hydrogen-bond acceptors (Lipinski definition) is 4. The van der Waals surface area contributed by atoms with Gasteiger partial charge in [-0.15, -0.1) is 0 Å². The molecule has 4 nitrogen and oxygen atoms in total. The highest BCUT2D eigenvalue weighted by Gasteiger charge is 2.23. The van der Waals surface area contributed by atoms with Crippen LogP contribution in [0.4, 0.5) is 4.79 Å². The standard InChI is InChI=1S/C13H24O4/c1-4-15-12(10(2)3)17-13(14)16-11-8-6-5-7-9-11/h10-12H,4-9H2,1-3H3. The van der Waals surface area contributed by atoms with Crippen molar-refractivity contribution >= 4 is 6.16 Å². The molecule has 1 aliphatic rings. The first kappa shape index (κ1) is 14.3. The summed E-state index contributed by atoms with van der Waals surface area (Å²) in [6, 6.07) is 0. The summed E-state index contributed by atoms with van der Waals surface area (Å²) in [7, 11) is 0. The molecule has 0 aromatic heterocycles. The summed E-state index contributed by atoms with van der Waals surface area (Å²) >= 11 is 0. The quantitative estimate of drug-likeness (QED) is 0.548. The third-order valence-electron chi connectivity index (χ3n) is 2.90. The van der Waals surface area contributed by atoms with Gasteiger partial charge in [0.1, 0.15) is 6.10 Å². The molecule has 17 heavy (non-hydrogen) atoms. The predicted molar refractivity (Wildman–Crippen MR) is 64.7 cm³/mol. The van der Waals surface area contributed by atoms with Gasteiger partial charge in [0.25, 0.3) is 0 Å². The molecule has 0 amide bonds. The van der Waals surface area contributed by atoms with Gasteiger partial charge in [-0.1, -0.05) is 20.3 Å². The minimum Gasteiger partial charge on any atom is -0.431 e. The van der Waals surface area contributed by atoms with Crippen molar-refractivity contribution in [2.24, 2.45) is 5.92 Å². The molecule has 100 valence electrons. The molecule has 1 unspecified atom stereocenters. The van der Waals surface area contributed by atoms with E-state index < -0.39 is 12.4 Å². The second kappa shape index (κ2) is 7.54. The van der Waals surface area contributed by atoms with E-state index >= 15 is 0 Å². The molecule has 1 saturated carbocycles. The summed E-state index contributed by atoms with van der Waals surface area (Å²) in [5, 5.41) is 0. The highest BCUT2D eigenvalue weighted by atomic mass is 16.8. The lowest BCUT2D eigenvalue weighted by atomic mass is 9.98. The minimum atomic E-state index is -0.593. The Balaban J connectivity index is 2.30. The largest absolute Gasteiger partial charge is 0.510 e. The Morgan fingerprint density at radius 3 is 2.41 bits per heavy atom. The van der Waals surface area contributed by atoms with Gasteiger partial charge in [-0.2, -0.15) is 0 Å². The zero-order valence-electron chi connectivity index (χ0n) is 11.1. The monoisotopic (exact) mass is 244 g/mol. The average molecular weight is 244 g/mol. The van der Waals surface area contributed by atoms with E-state index in [0.717, 1.165) is 25.7 Å². The number of carbonyl (C=O) groups excluding carboxylic acids is 1. The minimum absolute atomic E-state index is 0.0330. The van der Waals surface area contributed by atoms with Crippen molar-refractivity contribution in [2.45, 2.75) is 65.3 Å². The fourth-order valence-corrected chi connectivity index (χ4v) is 1.97. The lowest BCUT2D eigenvalue weighted by Crippen LogP contribution is -2.30. The fourth-order valence-electron chi connectivity index (χ4n) is 1.97. The van der Waals surface area contributed by atoms with Crippen molar-refractivity contribution in [1.82, 2.24) is 0 Å². The maximum absolute atomic E-state index is 11.6. The van der Waals surface area contributed by atoms with E-state index in [4.69, 9.17) is 14.2 Å². The van der Waals surface area contributed by atoms with Crippen molar-refractivity contribution in [1.29, 1.82) is 0 Å². The van der Waals surface area contributed by atoms with Crippen LogP contribution in [0.3, 0.4) is 0 Å². The maximum atomic E-state index is 11.6. The molecule has 1 fully saturated rings. The van der Waals surface area contributed by atoms with E-state index in [9.17, 15) is 4.79 Å². The molecule has 0 aliphatic heterocycles. The molecule has 0 heterocycles. The number of carbonyl (C=O) groups is 1. The van der Waals surface area contributed by atoms with Gasteiger partial charge in [0.2, 0.25) is 6.29 Å². The van der Waals surface area contributed by atoms with Crippen LogP contribution < -0.4 is 0 Å². The van der Waals surface area contributed by atoms with Gasteiger partial charge in [0.15, 0.2) is 0 Å². The highest BCUT2D eigenvalue weighted by molar-refractivity contribution is 5.60. The van der Waals surface area contributed by atoms with Crippen molar-refractivity contribution < 1.29 is 19.0 Å². The van der Waals surface area contributed by atoms with Crippen LogP contribution in [0.5, 0.6) is 0 Å². The van der Waals surface area contributed by atoms with Crippen molar-refractivity contribution in [3.8, 4) is 0 Å². The van der Waals surface area contributed by atoms with E-state index in [1.165, 1.54) is 6.42 Å². The Labute approximate surface area is 104 Å². The Hall–Kier alpha value is -0.770. The molecule has 1 rings (SSSR count). The third kappa shape index (κ3) is 5.39. The van der Waals surface area contributed by atoms with Crippen molar-refractivity contribution in [2.75, 3.05) is 6.61 Å². The number of ether oxygens (including phenoxy) is 3. The molecule has 0 bridgehead atoms. The van der Waals surface area contributed by atoms with Gasteiger partial charge in [-0.25, -0.2) is 4.79 Å². The summed E-state index contributed by atoms with van der Waals surface area (Å²) in [5.74, 6) is 0.133. The Kier molecular flexibility index (Phi) is 6.34. The topological polar surface area (TPSA) is 44.8 Å². The van der Waals surface area contributed by atoms with Gasteiger partial charge in [-0.3, -0.25) is 0 Å². The maximum Gasteiger partial charge on any atom is 0.510 e. The van der Waals surface area contributed by atoms with Gasteiger partial charge in [0, 0.05) is 12.5 Å². The third-order valence-corrected chi connectivity index (χ3v) is 2.90. The average Bonchev–Trinajstić information content (AvgIpc) is 2.29. The summed E-state index contributed by atoms with van der Waals surface area (Å²) in [6.45, 7) is 6.31. The van der Waals surface area contributed by atoms with E-state index in [2.05, 4.69) is 0 Å². The molecular formula is C13H24O4. The van der Waals surface area contributed by atoms with E-state index in [1.54, 1.807) is 0 Å². The van der Waals surface area contributed by atoms with Crippen LogP contribution in [0, 0.1) is 5.92 Å². The van der Waals surface area contributed by atoms with Gasteiger partial charge in [-0.05, 0) is 32.6 Å². The molecule has 0 spiro atoms. The van der Waals surface area contributed by atoms with E-state index in [0.29, 0.717) is 6.61 Å². The van der Waals surface area contributed by atoms with Crippen LogP contribution in [0.2, 0.25) is 0 Å². The van der Waals surface area contributed by atoms with Crippen LogP contribution >= 0.6 is 0 Å². The number of rotatable bonds is 5. The zero-order valence-corrected chi connectivity index (χ0v) is 11.1. The predicted octanol–water partition coefficient (Wildman–Crippen LogP) is 3.49. The first-order chi connectivity index (χ1) is 8.13. The molecular weight excluding hydrogens is 220 g/mol. The second-order valence-electron chi connectivity index (χ2n) is 4.81. The van der Waals surface area contributed by atoms with Gasteiger partial charge < -0.3 is 14.2 Å². The first-order valence-corrected chi connectivity index (χ1v) is 6.62. The molecule has 0 saturated heterocycles. The number of hydrogen-bond donors (Lipinski definition) is 0. The van der Waals surface area contributed by atoms with E-state index in [-0.39, 0.29) is 12.0 Å². The molecule has 0 aromatic rings. The van der Waals surface area contributed by atoms with Crippen LogP contribution in [0.25, 0.3) is 0 Å². The van der Waals surface area contributed by atoms with Crippen molar-refractivity contribution in [3.63, 3.8) is 0 Å². The smallest absolute Gasteiger partial charge is 0.431 e. The molecule has 0 aromatic carbocycles. The SMILES string of the molecule is CCOC(OC(=O)OC1CCCCC1)C(C)C. The fraction of sp³-hybridized carbons (Fsp3) is 0.923. The molecule has 1 atom stereocenters. The Morgan fingerprint density at radius 2 is 1.88 bits per heavy atom. The summed E-state index contributed by atoms with van der Waals surface area (Å²) in [6.07, 6.45) is 4.36. The van der Waals surface area contributed by atoms with Crippen molar-refractivity contribution in [3.05, 3.63) is 0 Å². The van der Waals surface area contributed by atoms with Gasteiger partial charge in [0.05, 0.1) is 0 Å². The lowest BCUT2D eigenvalue weighted by Gasteiger charge is -2.24. The zero-order chi connectivity index (χ0) is 12.7. The van der Waals surface area contributed by atoms with Gasteiger partial charge >= 0.3 is 6.16 Å². The summed E-state index contributed by atoms with van der Waals surface area (Å²) in [4.78, 5) is 11.6. The Bertz CT molecular complexity index is 221. The van der Waals surface area contributed by atoms with E-state index in [1.807, 2.05) is 20.8 Å². The van der Waals surface area contributed by atoms with Crippen LogP contribution in [0.1, 0.15) is 52.9 Å². The van der Waals surface area contributed by atoms with Crippen LogP contribution in [-0.4, -0.2) is 25.2 Å². The molecule has 1 aliphatic carbocycles. The highest BCUT2D eigenvalue weighted by Crippen LogP contribution is 2.21. The molecule has 0 radical (unpaired) electrons. The summed E-state index contributed by atoms with van der Waals surface area (Å²) in [5.41, 5.74) is 0. The van der Waals surface area contributed by atoms with Crippen LogP contribution in [0.15, 0.2) is 0 Å². The normalized spacial score (nSPS) is 19.1. The lowest BCUT2D eigenvalue weighted by molar-refractivity contribution is -0.147. The Morgan fingerprint density at radius 1 is 1.24 bits per heavy atom. The first-order valence-electron chi connectivity index (χ1n) is 6.62. The second-order valence-corrected chi connectivity index (χ2v) is 4.81.